The van der Waals surface area contributed by atoms with E-state index in [1.165, 1.54) is 38.5 Å². The molecule has 0 aromatic heterocycles. The number of hydrogen-bond donors (Lipinski definition) is 2. The van der Waals surface area contributed by atoms with Crippen LogP contribution in [0, 0.1) is 5.92 Å². The molecule has 1 aliphatic carbocycles. The summed E-state index contributed by atoms with van der Waals surface area (Å²) < 4.78 is 0. The second-order valence-electron chi connectivity index (χ2n) is 5.98. The Kier molecular flexibility index (Phi) is 6.51. The number of hydrogen-bond acceptors (Lipinski definition) is 3. The maximum atomic E-state index is 12.1. The molecule has 3 unspecified atom stereocenters. The quantitative estimate of drug-likeness (QED) is 0.815. The van der Waals surface area contributed by atoms with Gasteiger partial charge in [0.2, 0.25) is 5.91 Å². The van der Waals surface area contributed by atoms with Crippen molar-refractivity contribution in [3.05, 3.63) is 0 Å². The van der Waals surface area contributed by atoms with Crippen LogP contribution in [-0.4, -0.2) is 36.5 Å². The maximum absolute atomic E-state index is 12.1. The summed E-state index contributed by atoms with van der Waals surface area (Å²) in [5.41, 5.74) is 0. The van der Waals surface area contributed by atoms with Gasteiger partial charge in [0.1, 0.15) is 0 Å². The fourth-order valence-electron chi connectivity index (χ4n) is 3.33. The van der Waals surface area contributed by atoms with Crippen molar-refractivity contribution >= 4 is 17.7 Å². The lowest BCUT2D eigenvalue weighted by Crippen LogP contribution is -2.43. The molecule has 0 aromatic carbocycles. The molecule has 0 radical (unpaired) electrons. The zero-order valence-corrected chi connectivity index (χ0v) is 12.9. The lowest BCUT2D eigenvalue weighted by atomic mass is 9.93. The van der Waals surface area contributed by atoms with Gasteiger partial charge in [-0.25, -0.2) is 0 Å². The van der Waals surface area contributed by atoms with Crippen molar-refractivity contribution in [2.24, 2.45) is 5.92 Å². The first kappa shape index (κ1) is 15.2. The van der Waals surface area contributed by atoms with Crippen molar-refractivity contribution < 1.29 is 4.79 Å². The summed E-state index contributed by atoms with van der Waals surface area (Å²) in [5, 5.41) is 7.33. The van der Waals surface area contributed by atoms with E-state index in [4.69, 9.17) is 0 Å². The molecule has 3 nitrogen and oxygen atoms in total. The van der Waals surface area contributed by atoms with E-state index in [0.717, 1.165) is 19.5 Å². The SMILES string of the molecule is CSC1CCCCC1NC(=O)CCC1CCCNC1. The van der Waals surface area contributed by atoms with Gasteiger partial charge in [-0.2, -0.15) is 11.8 Å². The van der Waals surface area contributed by atoms with Crippen LogP contribution in [0.15, 0.2) is 0 Å². The maximum Gasteiger partial charge on any atom is 0.220 e. The molecule has 1 heterocycles. The average Bonchev–Trinajstić information content (AvgIpc) is 2.47. The van der Waals surface area contributed by atoms with Gasteiger partial charge >= 0.3 is 0 Å². The van der Waals surface area contributed by atoms with E-state index in [9.17, 15) is 4.79 Å². The van der Waals surface area contributed by atoms with Crippen molar-refractivity contribution in [2.75, 3.05) is 19.3 Å². The first-order valence-electron chi connectivity index (χ1n) is 7.82. The molecular formula is C15H28N2OS. The van der Waals surface area contributed by atoms with Crippen LogP contribution in [-0.2, 0) is 4.79 Å². The Labute approximate surface area is 121 Å². The highest BCUT2D eigenvalue weighted by Gasteiger charge is 2.25. The third-order valence-corrected chi connectivity index (χ3v) is 5.70. The Morgan fingerprint density at radius 3 is 2.84 bits per heavy atom. The average molecular weight is 284 g/mol. The van der Waals surface area contributed by atoms with Crippen molar-refractivity contribution in [3.8, 4) is 0 Å². The molecule has 0 aromatic rings. The minimum atomic E-state index is 0.275. The number of nitrogens with one attached hydrogen (secondary N) is 2. The largest absolute Gasteiger partial charge is 0.352 e. The smallest absolute Gasteiger partial charge is 0.220 e. The van der Waals surface area contributed by atoms with Gasteiger partial charge in [0.05, 0.1) is 0 Å². The van der Waals surface area contributed by atoms with Gasteiger partial charge < -0.3 is 10.6 Å². The van der Waals surface area contributed by atoms with Crippen LogP contribution < -0.4 is 10.6 Å². The lowest BCUT2D eigenvalue weighted by Gasteiger charge is -2.31. The molecule has 1 saturated heterocycles. The van der Waals surface area contributed by atoms with E-state index >= 15 is 0 Å². The molecule has 2 N–H and O–H groups in total. The third kappa shape index (κ3) is 4.99. The van der Waals surface area contributed by atoms with Crippen molar-refractivity contribution in [1.82, 2.24) is 10.6 Å². The van der Waals surface area contributed by atoms with Gasteiger partial charge in [0.25, 0.3) is 0 Å². The van der Waals surface area contributed by atoms with E-state index in [0.29, 0.717) is 23.6 Å². The second-order valence-corrected chi connectivity index (χ2v) is 7.06. The monoisotopic (exact) mass is 284 g/mol. The van der Waals surface area contributed by atoms with Crippen molar-refractivity contribution in [3.63, 3.8) is 0 Å². The Hall–Kier alpha value is -0.220. The molecule has 2 rings (SSSR count). The van der Waals surface area contributed by atoms with E-state index in [-0.39, 0.29) is 5.91 Å². The van der Waals surface area contributed by atoms with Crippen LogP contribution in [0.1, 0.15) is 51.4 Å². The van der Waals surface area contributed by atoms with Crippen LogP contribution in [0.25, 0.3) is 0 Å². The van der Waals surface area contributed by atoms with Crippen LogP contribution >= 0.6 is 11.8 Å². The molecule has 1 saturated carbocycles. The number of carbonyl (C=O) groups is 1. The first-order chi connectivity index (χ1) is 9.29. The number of thioether (sulfide) groups is 1. The first-order valence-corrected chi connectivity index (χ1v) is 9.11. The Morgan fingerprint density at radius 2 is 2.11 bits per heavy atom. The number of piperidine rings is 1. The van der Waals surface area contributed by atoms with Crippen LogP contribution in [0.3, 0.4) is 0 Å². The number of rotatable bonds is 5. The summed E-state index contributed by atoms with van der Waals surface area (Å²) in [4.78, 5) is 12.1. The van der Waals surface area contributed by atoms with Gasteiger partial charge in [0, 0.05) is 17.7 Å². The molecule has 1 aliphatic heterocycles. The zero-order chi connectivity index (χ0) is 13.5. The predicted octanol–water partition coefficient (Wildman–Crippen LogP) is 2.56. The summed E-state index contributed by atoms with van der Waals surface area (Å²) in [5.74, 6) is 0.985. The summed E-state index contributed by atoms with van der Waals surface area (Å²) in [7, 11) is 0. The van der Waals surface area contributed by atoms with Gasteiger partial charge in [0.15, 0.2) is 0 Å². The molecular weight excluding hydrogens is 256 g/mol. The Balaban J connectivity index is 1.67. The number of amides is 1. The van der Waals surface area contributed by atoms with Crippen LogP contribution in [0.4, 0.5) is 0 Å². The fraction of sp³-hybridized carbons (Fsp3) is 0.933. The summed E-state index contributed by atoms with van der Waals surface area (Å²) in [6.07, 6.45) is 11.5. The van der Waals surface area contributed by atoms with Gasteiger partial charge in [-0.1, -0.05) is 12.8 Å². The topological polar surface area (TPSA) is 41.1 Å². The Bertz CT molecular complexity index is 279. The third-order valence-electron chi connectivity index (χ3n) is 4.53. The minimum Gasteiger partial charge on any atom is -0.352 e. The van der Waals surface area contributed by atoms with E-state index < -0.39 is 0 Å². The standard InChI is InChI=1S/C15H28N2OS/c1-19-14-7-3-2-6-13(14)17-15(18)9-8-12-5-4-10-16-11-12/h12-14,16H,2-11H2,1H3,(H,17,18). The van der Waals surface area contributed by atoms with Gasteiger partial charge in [-0.05, 0) is 57.4 Å². The summed E-state index contributed by atoms with van der Waals surface area (Å²) in [6, 6.07) is 0.417. The molecule has 19 heavy (non-hydrogen) atoms. The van der Waals surface area contributed by atoms with E-state index in [1.807, 2.05) is 11.8 Å². The minimum absolute atomic E-state index is 0.275. The van der Waals surface area contributed by atoms with Crippen molar-refractivity contribution in [1.29, 1.82) is 0 Å². The molecule has 4 heteroatoms. The zero-order valence-electron chi connectivity index (χ0n) is 12.1. The van der Waals surface area contributed by atoms with Gasteiger partial charge in [-0.15, -0.1) is 0 Å². The summed E-state index contributed by atoms with van der Waals surface area (Å²) in [6.45, 7) is 2.25. The predicted molar refractivity (Wildman–Crippen MR) is 82.5 cm³/mol. The molecule has 110 valence electrons. The molecule has 0 bridgehead atoms. The van der Waals surface area contributed by atoms with E-state index in [2.05, 4.69) is 16.9 Å². The molecule has 2 aliphatic rings. The van der Waals surface area contributed by atoms with Gasteiger partial charge in [-0.3, -0.25) is 4.79 Å². The second kappa shape index (κ2) is 8.15. The Morgan fingerprint density at radius 1 is 1.26 bits per heavy atom. The summed E-state index contributed by atoms with van der Waals surface area (Å²) >= 11 is 1.92. The highest BCUT2D eigenvalue weighted by molar-refractivity contribution is 7.99. The highest BCUT2D eigenvalue weighted by Crippen LogP contribution is 2.27. The lowest BCUT2D eigenvalue weighted by molar-refractivity contribution is -0.122. The van der Waals surface area contributed by atoms with Crippen molar-refractivity contribution in [2.45, 2.75) is 62.7 Å². The fourth-order valence-corrected chi connectivity index (χ4v) is 4.26. The highest BCUT2D eigenvalue weighted by atomic mass is 32.2. The molecule has 2 fully saturated rings. The van der Waals surface area contributed by atoms with Crippen LogP contribution in [0.2, 0.25) is 0 Å². The molecule has 3 atom stereocenters. The molecule has 1 amide bonds. The number of carbonyl (C=O) groups excluding carboxylic acids is 1. The van der Waals surface area contributed by atoms with E-state index in [1.54, 1.807) is 0 Å². The van der Waals surface area contributed by atoms with Crippen LogP contribution in [0.5, 0.6) is 0 Å². The molecule has 0 spiro atoms. The normalized spacial score (nSPS) is 31.9.